The van der Waals surface area contributed by atoms with Crippen LogP contribution < -0.4 is 10.9 Å². The minimum absolute atomic E-state index is 0.0376. The van der Waals surface area contributed by atoms with Crippen molar-refractivity contribution in [1.29, 1.82) is 0 Å². The van der Waals surface area contributed by atoms with Crippen LogP contribution in [-0.4, -0.2) is 31.5 Å². The quantitative estimate of drug-likeness (QED) is 0.873. The van der Waals surface area contributed by atoms with Crippen molar-refractivity contribution in [2.24, 2.45) is 18.4 Å². The topological polar surface area (TPSA) is 81.8 Å². The maximum atomic E-state index is 12.4. The summed E-state index contributed by atoms with van der Waals surface area (Å²) in [7, 11) is 1.89. The Morgan fingerprint density at radius 1 is 1.19 bits per heavy atom. The van der Waals surface area contributed by atoms with E-state index in [-0.39, 0.29) is 23.4 Å². The first-order valence-electron chi connectivity index (χ1n) is 9.31. The zero-order valence-corrected chi connectivity index (χ0v) is 17.6. The Balaban J connectivity index is 2.37. The second-order valence-corrected chi connectivity index (χ2v) is 8.48. The van der Waals surface area contributed by atoms with E-state index in [0.717, 1.165) is 17.0 Å². The largest absolute Gasteiger partial charge is 0.351 e. The summed E-state index contributed by atoms with van der Waals surface area (Å²) in [5, 5.41) is 12.1. The fourth-order valence-electron chi connectivity index (χ4n) is 2.85. The van der Waals surface area contributed by atoms with Crippen molar-refractivity contribution >= 4 is 5.91 Å². The first-order valence-corrected chi connectivity index (χ1v) is 9.31. The fraction of sp³-hybridized carbons (Fsp3) is 0.600. The molecule has 7 heteroatoms. The van der Waals surface area contributed by atoms with Crippen molar-refractivity contribution in [3.63, 3.8) is 0 Å². The standard InChI is InChI=1S/C20H31N5O2/c1-12(2)16(21-19(27)20(5,6)7)11-25-17(26)10-9-15(23-25)18-13(3)22-24(8)14(18)4/h9-10,12,16H,11H2,1-8H3,(H,21,27)/t16-/m0/s1. The van der Waals surface area contributed by atoms with Crippen LogP contribution in [0.2, 0.25) is 0 Å². The lowest BCUT2D eigenvalue weighted by Crippen LogP contribution is -2.47. The Bertz CT molecular complexity index is 887. The van der Waals surface area contributed by atoms with Gasteiger partial charge in [-0.05, 0) is 25.8 Å². The second kappa shape index (κ2) is 7.66. The third kappa shape index (κ3) is 4.64. The molecule has 27 heavy (non-hydrogen) atoms. The van der Waals surface area contributed by atoms with Crippen LogP contribution in [0.3, 0.4) is 0 Å². The van der Waals surface area contributed by atoms with Crippen LogP contribution in [0.25, 0.3) is 11.3 Å². The van der Waals surface area contributed by atoms with E-state index < -0.39 is 5.41 Å². The van der Waals surface area contributed by atoms with Crippen molar-refractivity contribution in [2.75, 3.05) is 0 Å². The molecule has 2 rings (SSSR count). The van der Waals surface area contributed by atoms with Gasteiger partial charge in [-0.3, -0.25) is 14.3 Å². The molecule has 1 amide bonds. The lowest BCUT2D eigenvalue weighted by atomic mass is 9.94. The van der Waals surface area contributed by atoms with Crippen LogP contribution in [0, 0.1) is 25.2 Å². The molecule has 0 spiro atoms. The smallest absolute Gasteiger partial charge is 0.266 e. The van der Waals surface area contributed by atoms with Crippen LogP contribution in [0.1, 0.15) is 46.0 Å². The highest BCUT2D eigenvalue weighted by molar-refractivity contribution is 5.81. The Morgan fingerprint density at radius 3 is 2.30 bits per heavy atom. The van der Waals surface area contributed by atoms with Crippen molar-refractivity contribution in [2.45, 2.75) is 61.1 Å². The van der Waals surface area contributed by atoms with Gasteiger partial charge in [0.25, 0.3) is 5.56 Å². The van der Waals surface area contributed by atoms with Gasteiger partial charge in [-0.25, -0.2) is 4.68 Å². The third-order valence-electron chi connectivity index (χ3n) is 4.80. The van der Waals surface area contributed by atoms with Gasteiger partial charge >= 0.3 is 0 Å². The van der Waals surface area contributed by atoms with E-state index in [1.54, 1.807) is 6.07 Å². The minimum atomic E-state index is -0.489. The monoisotopic (exact) mass is 373 g/mol. The zero-order valence-electron chi connectivity index (χ0n) is 17.6. The summed E-state index contributed by atoms with van der Waals surface area (Å²) in [6.45, 7) is 13.9. The lowest BCUT2D eigenvalue weighted by molar-refractivity contribution is -0.129. The average molecular weight is 374 g/mol. The van der Waals surface area contributed by atoms with Gasteiger partial charge in [-0.2, -0.15) is 10.2 Å². The van der Waals surface area contributed by atoms with E-state index in [9.17, 15) is 9.59 Å². The molecule has 2 aromatic heterocycles. The molecule has 2 heterocycles. The van der Waals surface area contributed by atoms with Crippen LogP contribution in [0.4, 0.5) is 0 Å². The minimum Gasteiger partial charge on any atom is -0.351 e. The number of rotatable bonds is 5. The van der Waals surface area contributed by atoms with Gasteiger partial charge < -0.3 is 5.32 Å². The molecule has 0 aliphatic rings. The Kier molecular flexibility index (Phi) is 5.92. The van der Waals surface area contributed by atoms with E-state index in [4.69, 9.17) is 0 Å². The van der Waals surface area contributed by atoms with Gasteiger partial charge in [0.15, 0.2) is 0 Å². The van der Waals surface area contributed by atoms with Crippen LogP contribution in [0.15, 0.2) is 16.9 Å². The molecule has 0 unspecified atom stereocenters. The number of hydrogen-bond acceptors (Lipinski definition) is 4. The molecule has 0 saturated carbocycles. The van der Waals surface area contributed by atoms with Crippen LogP contribution >= 0.6 is 0 Å². The molecule has 1 atom stereocenters. The molecule has 0 radical (unpaired) electrons. The van der Waals surface area contributed by atoms with E-state index >= 15 is 0 Å². The van der Waals surface area contributed by atoms with Crippen molar-refractivity contribution in [1.82, 2.24) is 24.9 Å². The molecule has 0 aliphatic carbocycles. The normalized spacial score (nSPS) is 13.1. The predicted molar refractivity (Wildman–Crippen MR) is 106 cm³/mol. The molecule has 0 fully saturated rings. The predicted octanol–water partition coefficient (Wildman–Crippen LogP) is 2.45. The number of amides is 1. The number of aromatic nitrogens is 4. The SMILES string of the molecule is Cc1nn(C)c(C)c1-c1ccc(=O)n(C[C@H](NC(=O)C(C)(C)C)C(C)C)n1. The Labute approximate surface area is 160 Å². The highest BCUT2D eigenvalue weighted by Crippen LogP contribution is 2.23. The van der Waals surface area contributed by atoms with Crippen molar-refractivity contribution < 1.29 is 4.79 Å². The van der Waals surface area contributed by atoms with E-state index in [1.807, 2.05) is 60.2 Å². The third-order valence-corrected chi connectivity index (χ3v) is 4.80. The maximum absolute atomic E-state index is 12.4. The molecule has 0 saturated heterocycles. The molecular formula is C20H31N5O2. The van der Waals surface area contributed by atoms with E-state index in [0.29, 0.717) is 12.2 Å². The van der Waals surface area contributed by atoms with E-state index in [2.05, 4.69) is 15.5 Å². The summed E-state index contributed by atoms with van der Waals surface area (Å²) in [5.74, 6) is 0.125. The first-order chi connectivity index (χ1) is 12.4. The number of carbonyl (C=O) groups is 1. The summed E-state index contributed by atoms with van der Waals surface area (Å²) < 4.78 is 3.25. The number of aryl methyl sites for hydroxylation is 2. The van der Waals surface area contributed by atoms with Gasteiger partial charge in [0.05, 0.1) is 24.0 Å². The first kappa shape index (κ1) is 20.9. The van der Waals surface area contributed by atoms with Gasteiger partial charge in [-0.1, -0.05) is 34.6 Å². The molecule has 0 bridgehead atoms. The highest BCUT2D eigenvalue weighted by atomic mass is 16.2. The van der Waals surface area contributed by atoms with Gasteiger partial charge in [0.1, 0.15) is 0 Å². The average Bonchev–Trinajstić information content (AvgIpc) is 2.80. The maximum Gasteiger partial charge on any atom is 0.266 e. The van der Waals surface area contributed by atoms with Crippen molar-refractivity contribution in [3.05, 3.63) is 33.9 Å². The van der Waals surface area contributed by atoms with E-state index in [1.165, 1.54) is 10.7 Å². The van der Waals surface area contributed by atoms with Crippen LogP contribution in [-0.2, 0) is 18.4 Å². The van der Waals surface area contributed by atoms with Gasteiger partial charge in [0, 0.05) is 29.8 Å². The molecule has 0 aliphatic heterocycles. The van der Waals surface area contributed by atoms with Crippen LogP contribution in [0.5, 0.6) is 0 Å². The summed E-state index contributed by atoms with van der Waals surface area (Å²) >= 11 is 0. The summed E-state index contributed by atoms with van der Waals surface area (Å²) in [5.41, 5.74) is 2.83. The zero-order chi connectivity index (χ0) is 20.5. The number of nitrogens with one attached hydrogen (secondary N) is 1. The fourth-order valence-corrected chi connectivity index (χ4v) is 2.85. The second-order valence-electron chi connectivity index (χ2n) is 8.48. The lowest BCUT2D eigenvalue weighted by Gasteiger charge is -2.27. The van der Waals surface area contributed by atoms with Gasteiger partial charge in [-0.15, -0.1) is 0 Å². The van der Waals surface area contributed by atoms with Gasteiger partial charge in [0.2, 0.25) is 5.91 Å². The molecule has 1 N–H and O–H groups in total. The summed E-state index contributed by atoms with van der Waals surface area (Å²) in [6.07, 6.45) is 0. The summed E-state index contributed by atoms with van der Waals surface area (Å²) in [6, 6.07) is 3.07. The molecule has 0 aromatic carbocycles. The Hall–Kier alpha value is -2.44. The number of nitrogens with zero attached hydrogens (tertiary/aromatic N) is 4. The molecule has 7 nitrogen and oxygen atoms in total. The highest BCUT2D eigenvalue weighted by Gasteiger charge is 2.26. The molecule has 2 aromatic rings. The molecular weight excluding hydrogens is 342 g/mol. The number of carbonyl (C=O) groups excluding carboxylic acids is 1. The van der Waals surface area contributed by atoms with Crippen molar-refractivity contribution in [3.8, 4) is 11.3 Å². The summed E-state index contributed by atoms with van der Waals surface area (Å²) in [4.78, 5) is 24.8. The number of hydrogen-bond donors (Lipinski definition) is 1. The molecule has 148 valence electrons. The Morgan fingerprint density at radius 2 is 1.81 bits per heavy atom.